The smallest absolute Gasteiger partial charge is 0.288 e. The molecule has 134 valence electrons. The van der Waals surface area contributed by atoms with Crippen molar-refractivity contribution >= 4 is 45.4 Å². The molecule has 1 N–H and O–H groups in total. The number of nitrogens with one attached hydrogen (secondary N) is 1. The third-order valence-corrected chi connectivity index (χ3v) is 4.53. The SMILES string of the molecule is COc1ccc(/C=C(\C#N)C(=O)Nc2ccc(SC(F)F)cc2)cc1Br. The molecule has 2 aromatic carbocycles. The molecule has 0 aliphatic heterocycles. The second-order valence-electron chi connectivity index (χ2n) is 4.92. The summed E-state index contributed by atoms with van der Waals surface area (Å²) in [7, 11) is 1.54. The molecule has 1 amide bonds. The summed E-state index contributed by atoms with van der Waals surface area (Å²) >= 11 is 3.76. The lowest BCUT2D eigenvalue weighted by atomic mass is 10.1. The van der Waals surface area contributed by atoms with Gasteiger partial charge < -0.3 is 10.1 Å². The van der Waals surface area contributed by atoms with E-state index in [1.54, 1.807) is 18.2 Å². The molecule has 2 aromatic rings. The Kier molecular flexibility index (Phi) is 7.18. The number of hydrogen-bond acceptors (Lipinski definition) is 4. The van der Waals surface area contributed by atoms with Crippen LogP contribution in [0.15, 0.2) is 57.4 Å². The van der Waals surface area contributed by atoms with Gasteiger partial charge >= 0.3 is 0 Å². The van der Waals surface area contributed by atoms with Crippen LogP contribution in [0, 0.1) is 11.3 Å². The lowest BCUT2D eigenvalue weighted by Crippen LogP contribution is -2.13. The van der Waals surface area contributed by atoms with Gasteiger partial charge in [0.15, 0.2) is 0 Å². The summed E-state index contributed by atoms with van der Waals surface area (Å²) in [5, 5.41) is 11.8. The summed E-state index contributed by atoms with van der Waals surface area (Å²) in [5.41, 5.74) is 0.965. The van der Waals surface area contributed by atoms with Crippen molar-refractivity contribution in [2.75, 3.05) is 12.4 Å². The van der Waals surface area contributed by atoms with E-state index in [4.69, 9.17) is 4.74 Å². The average molecular weight is 439 g/mol. The zero-order valence-electron chi connectivity index (χ0n) is 13.5. The van der Waals surface area contributed by atoms with E-state index >= 15 is 0 Å². The second-order valence-corrected chi connectivity index (χ2v) is 6.84. The number of carbonyl (C=O) groups excluding carboxylic acids is 1. The van der Waals surface area contributed by atoms with Crippen molar-refractivity contribution in [3.8, 4) is 11.8 Å². The Bertz CT molecular complexity index is 864. The maximum absolute atomic E-state index is 12.3. The number of alkyl halides is 2. The summed E-state index contributed by atoms with van der Waals surface area (Å²) in [5.74, 6) is -2.46. The molecule has 0 bridgehead atoms. The average Bonchev–Trinajstić information content (AvgIpc) is 2.61. The first kappa shape index (κ1) is 19.9. The van der Waals surface area contributed by atoms with E-state index in [0.29, 0.717) is 38.1 Å². The molecular formula is C18H13BrF2N2O2S. The first-order valence-electron chi connectivity index (χ1n) is 7.24. The predicted octanol–water partition coefficient (Wildman–Crippen LogP) is 5.32. The highest BCUT2D eigenvalue weighted by molar-refractivity contribution is 9.10. The van der Waals surface area contributed by atoms with Crippen molar-refractivity contribution in [1.82, 2.24) is 0 Å². The molecule has 0 heterocycles. The van der Waals surface area contributed by atoms with Crippen LogP contribution in [-0.4, -0.2) is 18.8 Å². The number of carbonyl (C=O) groups is 1. The van der Waals surface area contributed by atoms with Gasteiger partial charge in [-0.15, -0.1) is 0 Å². The maximum atomic E-state index is 12.3. The van der Waals surface area contributed by atoms with Crippen molar-refractivity contribution < 1.29 is 18.3 Å². The molecule has 2 rings (SSSR count). The monoisotopic (exact) mass is 438 g/mol. The molecule has 0 saturated heterocycles. The Hall–Kier alpha value is -2.37. The number of nitrogens with zero attached hydrogens (tertiary/aromatic N) is 1. The van der Waals surface area contributed by atoms with Crippen LogP contribution in [-0.2, 0) is 4.79 Å². The van der Waals surface area contributed by atoms with Gasteiger partial charge in [-0.2, -0.15) is 14.0 Å². The molecular weight excluding hydrogens is 426 g/mol. The Morgan fingerprint density at radius 3 is 2.54 bits per heavy atom. The third-order valence-electron chi connectivity index (χ3n) is 3.19. The Morgan fingerprint density at radius 2 is 2.00 bits per heavy atom. The fraction of sp³-hybridized carbons (Fsp3) is 0.111. The maximum Gasteiger partial charge on any atom is 0.288 e. The van der Waals surface area contributed by atoms with Gasteiger partial charge in [0.2, 0.25) is 0 Å². The number of hydrogen-bond donors (Lipinski definition) is 1. The van der Waals surface area contributed by atoms with Gasteiger partial charge in [-0.1, -0.05) is 17.8 Å². The minimum absolute atomic E-state index is 0.0897. The van der Waals surface area contributed by atoms with E-state index in [0.717, 1.165) is 0 Å². The van der Waals surface area contributed by atoms with Crippen LogP contribution >= 0.6 is 27.7 Å². The van der Waals surface area contributed by atoms with E-state index in [1.807, 2.05) is 6.07 Å². The van der Waals surface area contributed by atoms with Crippen LogP contribution in [0.25, 0.3) is 6.08 Å². The van der Waals surface area contributed by atoms with Crippen molar-refractivity contribution in [2.24, 2.45) is 0 Å². The van der Waals surface area contributed by atoms with Gasteiger partial charge in [0.25, 0.3) is 11.7 Å². The summed E-state index contributed by atoms with van der Waals surface area (Å²) < 4.78 is 30.4. The van der Waals surface area contributed by atoms with Crippen molar-refractivity contribution in [3.63, 3.8) is 0 Å². The van der Waals surface area contributed by atoms with Gasteiger partial charge in [-0.05, 0) is 64.0 Å². The molecule has 0 spiro atoms. The minimum atomic E-state index is -2.51. The molecule has 0 unspecified atom stereocenters. The molecule has 4 nitrogen and oxygen atoms in total. The quantitative estimate of drug-likeness (QED) is 0.376. The first-order chi connectivity index (χ1) is 12.4. The molecule has 0 aliphatic carbocycles. The van der Waals surface area contributed by atoms with Crippen LogP contribution < -0.4 is 10.1 Å². The lowest BCUT2D eigenvalue weighted by Gasteiger charge is -2.07. The summed E-state index contributed by atoms with van der Waals surface area (Å²) in [6, 6.07) is 13.0. The number of benzene rings is 2. The molecule has 0 aliphatic rings. The summed E-state index contributed by atoms with van der Waals surface area (Å²) in [4.78, 5) is 12.6. The molecule has 8 heteroatoms. The zero-order valence-corrected chi connectivity index (χ0v) is 15.9. The number of methoxy groups -OCH3 is 1. The van der Waals surface area contributed by atoms with E-state index in [2.05, 4.69) is 21.2 Å². The van der Waals surface area contributed by atoms with E-state index in [9.17, 15) is 18.8 Å². The number of rotatable bonds is 6. The van der Waals surface area contributed by atoms with Crippen LogP contribution in [0.1, 0.15) is 5.56 Å². The molecule has 0 atom stereocenters. The Morgan fingerprint density at radius 1 is 1.31 bits per heavy atom. The number of halogens is 3. The second kappa shape index (κ2) is 9.36. The number of thioether (sulfide) groups is 1. The number of anilines is 1. The van der Waals surface area contributed by atoms with E-state index in [-0.39, 0.29) is 5.57 Å². The van der Waals surface area contributed by atoms with Crippen LogP contribution in [0.4, 0.5) is 14.5 Å². The summed E-state index contributed by atoms with van der Waals surface area (Å²) in [6.45, 7) is 0. The Labute approximate surface area is 162 Å². The zero-order chi connectivity index (χ0) is 19.1. The van der Waals surface area contributed by atoms with Crippen molar-refractivity contribution in [1.29, 1.82) is 5.26 Å². The topological polar surface area (TPSA) is 62.1 Å². The van der Waals surface area contributed by atoms with Gasteiger partial charge in [0.1, 0.15) is 17.4 Å². The molecule has 0 radical (unpaired) electrons. The number of amides is 1. The van der Waals surface area contributed by atoms with Crippen LogP contribution in [0.5, 0.6) is 5.75 Å². The largest absolute Gasteiger partial charge is 0.496 e. The fourth-order valence-electron chi connectivity index (χ4n) is 2.01. The van der Waals surface area contributed by atoms with E-state index < -0.39 is 11.7 Å². The highest BCUT2D eigenvalue weighted by Crippen LogP contribution is 2.27. The lowest BCUT2D eigenvalue weighted by molar-refractivity contribution is -0.112. The predicted molar refractivity (Wildman–Crippen MR) is 101 cm³/mol. The van der Waals surface area contributed by atoms with Gasteiger partial charge in [-0.3, -0.25) is 4.79 Å². The molecule has 26 heavy (non-hydrogen) atoms. The van der Waals surface area contributed by atoms with Crippen LogP contribution in [0.2, 0.25) is 0 Å². The molecule has 0 fully saturated rings. The highest BCUT2D eigenvalue weighted by atomic mass is 79.9. The van der Waals surface area contributed by atoms with Crippen molar-refractivity contribution in [2.45, 2.75) is 10.7 Å². The summed E-state index contributed by atoms with van der Waals surface area (Å²) in [6.07, 6.45) is 1.44. The van der Waals surface area contributed by atoms with Gasteiger partial charge in [0, 0.05) is 10.6 Å². The minimum Gasteiger partial charge on any atom is -0.496 e. The normalized spacial score (nSPS) is 11.2. The Balaban J connectivity index is 2.13. The van der Waals surface area contributed by atoms with Gasteiger partial charge in [-0.25, -0.2) is 0 Å². The number of nitriles is 1. The molecule has 0 aromatic heterocycles. The van der Waals surface area contributed by atoms with Crippen molar-refractivity contribution in [3.05, 3.63) is 58.1 Å². The highest BCUT2D eigenvalue weighted by Gasteiger charge is 2.11. The van der Waals surface area contributed by atoms with Gasteiger partial charge in [0.05, 0.1) is 11.6 Å². The number of ether oxygens (including phenoxy) is 1. The molecule has 0 saturated carbocycles. The first-order valence-corrected chi connectivity index (χ1v) is 8.91. The fourth-order valence-corrected chi connectivity index (χ4v) is 3.06. The third kappa shape index (κ3) is 5.58. The van der Waals surface area contributed by atoms with E-state index in [1.165, 1.54) is 37.5 Å². The van der Waals surface area contributed by atoms with Crippen LogP contribution in [0.3, 0.4) is 0 Å². The standard InChI is InChI=1S/C18H13BrF2N2O2S/c1-25-16-7-2-11(9-15(16)19)8-12(10-22)17(24)23-13-3-5-14(6-4-13)26-18(20)21/h2-9,18H,1H3,(H,23,24)/b12-8+.